The van der Waals surface area contributed by atoms with Crippen molar-refractivity contribution in [1.29, 1.82) is 0 Å². The van der Waals surface area contributed by atoms with Crippen LogP contribution >= 0.6 is 15.9 Å². The van der Waals surface area contributed by atoms with Crippen LogP contribution < -0.4 is 0 Å². The molecule has 0 spiro atoms. The lowest BCUT2D eigenvalue weighted by Crippen LogP contribution is -1.84. The largest absolute Gasteiger partial charge is 0.282 e. The summed E-state index contributed by atoms with van der Waals surface area (Å²) < 4.78 is 1.11. The minimum absolute atomic E-state index is 1.11. The summed E-state index contributed by atoms with van der Waals surface area (Å²) in [5, 5.41) is 7.54. The van der Waals surface area contributed by atoms with E-state index >= 15 is 0 Å². The Bertz CT molecular complexity index is 485. The molecular weight excluding hydrogens is 252 g/mol. The summed E-state index contributed by atoms with van der Waals surface area (Å²) in [6.45, 7) is 0. The quantitative estimate of drug-likeness (QED) is 0.839. The van der Waals surface area contributed by atoms with Gasteiger partial charge < -0.3 is 0 Å². The summed E-state index contributed by atoms with van der Waals surface area (Å²) in [5.74, 6) is 0. The third kappa shape index (κ3) is 1.51. The molecule has 1 aliphatic rings. The van der Waals surface area contributed by atoms with E-state index in [1.165, 1.54) is 23.2 Å². The number of H-pyrrole nitrogens is 1. The van der Waals surface area contributed by atoms with Crippen LogP contribution in [0.15, 0.2) is 28.7 Å². The maximum atomic E-state index is 4.40. The molecule has 3 heteroatoms. The van der Waals surface area contributed by atoms with Crippen molar-refractivity contribution >= 4 is 15.9 Å². The summed E-state index contributed by atoms with van der Waals surface area (Å²) in [6, 6.07) is 8.34. The van der Waals surface area contributed by atoms with Crippen molar-refractivity contribution in [1.82, 2.24) is 10.2 Å². The summed E-state index contributed by atoms with van der Waals surface area (Å²) in [5.41, 5.74) is 5.08. The van der Waals surface area contributed by atoms with Gasteiger partial charge >= 0.3 is 0 Å². The topological polar surface area (TPSA) is 28.7 Å². The van der Waals surface area contributed by atoms with Gasteiger partial charge in [0.15, 0.2) is 0 Å². The van der Waals surface area contributed by atoms with Crippen molar-refractivity contribution in [2.45, 2.75) is 19.3 Å². The van der Waals surface area contributed by atoms with Crippen LogP contribution in [0.2, 0.25) is 0 Å². The van der Waals surface area contributed by atoms with Crippen LogP contribution in [-0.4, -0.2) is 10.2 Å². The van der Waals surface area contributed by atoms with Gasteiger partial charge in [0.2, 0.25) is 0 Å². The lowest BCUT2D eigenvalue weighted by molar-refractivity contribution is 0.867. The first-order valence-corrected chi connectivity index (χ1v) is 5.96. The van der Waals surface area contributed by atoms with Gasteiger partial charge in [0.25, 0.3) is 0 Å². The number of halogens is 1. The fourth-order valence-electron chi connectivity index (χ4n) is 2.17. The maximum Gasteiger partial charge on any atom is 0.0955 e. The predicted octanol–water partition coefficient (Wildman–Crippen LogP) is 3.33. The van der Waals surface area contributed by atoms with Gasteiger partial charge in [-0.25, -0.2) is 0 Å². The van der Waals surface area contributed by atoms with Crippen molar-refractivity contribution in [3.63, 3.8) is 0 Å². The molecule has 0 amide bonds. The normalized spacial score (nSPS) is 14.2. The molecule has 0 atom stereocenters. The van der Waals surface area contributed by atoms with Gasteiger partial charge in [-0.3, -0.25) is 5.10 Å². The first-order chi connectivity index (χ1) is 7.34. The smallest absolute Gasteiger partial charge is 0.0955 e. The molecule has 1 aromatic heterocycles. The van der Waals surface area contributed by atoms with Crippen molar-refractivity contribution in [2.24, 2.45) is 0 Å². The van der Waals surface area contributed by atoms with E-state index in [4.69, 9.17) is 0 Å². The zero-order chi connectivity index (χ0) is 10.3. The number of benzene rings is 1. The Morgan fingerprint density at radius 1 is 1.13 bits per heavy atom. The van der Waals surface area contributed by atoms with Crippen LogP contribution in [0.1, 0.15) is 17.7 Å². The summed E-state index contributed by atoms with van der Waals surface area (Å²) in [4.78, 5) is 0. The number of nitrogens with one attached hydrogen (secondary N) is 1. The maximum absolute atomic E-state index is 4.40. The first kappa shape index (κ1) is 9.16. The molecule has 0 aliphatic heterocycles. The molecule has 2 aromatic rings. The predicted molar refractivity (Wildman–Crippen MR) is 63.7 cm³/mol. The fraction of sp³-hybridized carbons (Fsp3) is 0.250. The Morgan fingerprint density at radius 2 is 1.93 bits per heavy atom. The minimum Gasteiger partial charge on any atom is -0.282 e. The van der Waals surface area contributed by atoms with Crippen molar-refractivity contribution in [3.05, 3.63) is 40.0 Å². The number of rotatable bonds is 1. The second kappa shape index (κ2) is 3.49. The molecular formula is C12H11BrN2. The molecule has 0 saturated carbocycles. The first-order valence-electron chi connectivity index (χ1n) is 5.16. The van der Waals surface area contributed by atoms with Crippen LogP contribution in [0.4, 0.5) is 0 Å². The lowest BCUT2D eigenvalue weighted by atomic mass is 10.1. The van der Waals surface area contributed by atoms with Crippen molar-refractivity contribution in [3.8, 4) is 11.3 Å². The highest BCUT2D eigenvalue weighted by molar-refractivity contribution is 9.10. The molecule has 0 fully saturated rings. The lowest BCUT2D eigenvalue weighted by Gasteiger charge is -1.99. The van der Waals surface area contributed by atoms with Crippen LogP contribution in [-0.2, 0) is 12.8 Å². The summed E-state index contributed by atoms with van der Waals surface area (Å²) >= 11 is 3.44. The molecule has 0 saturated heterocycles. The Kier molecular flexibility index (Phi) is 2.13. The highest BCUT2D eigenvalue weighted by Gasteiger charge is 2.18. The number of aromatic amines is 1. The zero-order valence-electron chi connectivity index (χ0n) is 8.26. The van der Waals surface area contributed by atoms with E-state index in [2.05, 4.69) is 50.4 Å². The molecule has 15 heavy (non-hydrogen) atoms. The van der Waals surface area contributed by atoms with Gasteiger partial charge in [0, 0.05) is 21.3 Å². The molecule has 1 aliphatic carbocycles. The van der Waals surface area contributed by atoms with E-state index in [0.29, 0.717) is 0 Å². The van der Waals surface area contributed by atoms with Gasteiger partial charge in [-0.1, -0.05) is 28.1 Å². The van der Waals surface area contributed by atoms with Crippen molar-refractivity contribution < 1.29 is 0 Å². The Labute approximate surface area is 96.8 Å². The molecule has 1 aromatic carbocycles. The number of nitrogens with zero attached hydrogens (tertiary/aromatic N) is 1. The van der Waals surface area contributed by atoms with Gasteiger partial charge in [-0.2, -0.15) is 5.10 Å². The van der Waals surface area contributed by atoms with Crippen molar-refractivity contribution in [2.75, 3.05) is 0 Å². The second-order valence-electron chi connectivity index (χ2n) is 3.89. The third-order valence-electron chi connectivity index (χ3n) is 2.92. The van der Waals surface area contributed by atoms with Crippen LogP contribution in [0.3, 0.4) is 0 Å². The summed E-state index contributed by atoms with van der Waals surface area (Å²) in [6.07, 6.45) is 3.57. The molecule has 0 bridgehead atoms. The zero-order valence-corrected chi connectivity index (χ0v) is 9.84. The fourth-order valence-corrected chi connectivity index (χ4v) is 2.43. The molecule has 1 N–H and O–H groups in total. The van der Waals surface area contributed by atoms with Crippen LogP contribution in [0, 0.1) is 0 Å². The number of aromatic nitrogens is 2. The number of fused-ring (bicyclic) bond motifs is 1. The van der Waals surface area contributed by atoms with E-state index in [0.717, 1.165) is 23.0 Å². The average Bonchev–Trinajstić information content (AvgIpc) is 2.80. The van der Waals surface area contributed by atoms with Gasteiger partial charge in [-0.05, 0) is 31.4 Å². The molecule has 0 unspecified atom stereocenters. The van der Waals surface area contributed by atoms with Gasteiger partial charge in [-0.15, -0.1) is 0 Å². The molecule has 0 radical (unpaired) electrons. The molecule has 1 heterocycles. The van der Waals surface area contributed by atoms with E-state index in [-0.39, 0.29) is 0 Å². The highest BCUT2D eigenvalue weighted by Crippen LogP contribution is 2.30. The third-order valence-corrected chi connectivity index (χ3v) is 3.45. The monoisotopic (exact) mass is 262 g/mol. The van der Waals surface area contributed by atoms with E-state index in [9.17, 15) is 0 Å². The van der Waals surface area contributed by atoms with Crippen LogP contribution in [0.5, 0.6) is 0 Å². The molecule has 2 nitrogen and oxygen atoms in total. The number of hydrogen-bond donors (Lipinski definition) is 1. The second-order valence-corrected chi connectivity index (χ2v) is 4.81. The van der Waals surface area contributed by atoms with E-state index < -0.39 is 0 Å². The Balaban J connectivity index is 2.09. The number of aryl methyl sites for hydroxylation is 1. The van der Waals surface area contributed by atoms with Gasteiger partial charge in [0.1, 0.15) is 0 Å². The number of hydrogen-bond acceptors (Lipinski definition) is 1. The molecule has 3 rings (SSSR count). The minimum atomic E-state index is 1.11. The summed E-state index contributed by atoms with van der Waals surface area (Å²) in [7, 11) is 0. The van der Waals surface area contributed by atoms with E-state index in [1.807, 2.05) is 0 Å². The standard InChI is InChI=1S/C12H11BrN2/c13-9-6-4-8(5-7-9)12-10-2-1-3-11(10)14-15-12/h4-7H,1-3H2,(H,14,15). The Hall–Kier alpha value is -1.09. The van der Waals surface area contributed by atoms with Crippen LogP contribution in [0.25, 0.3) is 11.3 Å². The molecule has 76 valence electrons. The average molecular weight is 263 g/mol. The van der Waals surface area contributed by atoms with E-state index in [1.54, 1.807) is 0 Å². The highest BCUT2D eigenvalue weighted by atomic mass is 79.9. The SMILES string of the molecule is Brc1ccc(-c2n[nH]c3c2CCC3)cc1. The Morgan fingerprint density at radius 3 is 2.73 bits per heavy atom. The van der Waals surface area contributed by atoms with Gasteiger partial charge in [0.05, 0.1) is 5.69 Å².